The van der Waals surface area contributed by atoms with Crippen LogP contribution in [-0.2, 0) is 0 Å². The molecule has 2 N–H and O–H groups in total. The summed E-state index contributed by atoms with van der Waals surface area (Å²) >= 11 is 1.38. The predicted octanol–water partition coefficient (Wildman–Crippen LogP) is 1.74. The Bertz CT molecular complexity index is 768. The zero-order chi connectivity index (χ0) is 16.4. The van der Waals surface area contributed by atoms with Crippen LogP contribution in [0.2, 0.25) is 0 Å². The topological polar surface area (TPSA) is 83.7 Å². The van der Waals surface area contributed by atoms with E-state index < -0.39 is 5.91 Å². The minimum atomic E-state index is -0.396. The summed E-state index contributed by atoms with van der Waals surface area (Å²) in [7, 11) is 0. The van der Waals surface area contributed by atoms with Crippen molar-refractivity contribution >= 4 is 22.2 Å². The zero-order valence-corrected chi connectivity index (χ0v) is 13.9. The highest BCUT2D eigenvalue weighted by molar-refractivity contribution is 7.15. The summed E-state index contributed by atoms with van der Waals surface area (Å²) in [5.41, 5.74) is 0.505. The maximum atomic E-state index is 12.5. The van der Waals surface area contributed by atoms with E-state index in [0.717, 1.165) is 37.8 Å². The van der Waals surface area contributed by atoms with Crippen molar-refractivity contribution in [3.8, 4) is 0 Å². The molecule has 1 fully saturated rings. The second kappa shape index (κ2) is 6.80. The maximum Gasteiger partial charge on any atom is 0.271 e. The van der Waals surface area contributed by atoms with Crippen LogP contribution < -0.4 is 10.9 Å². The number of hydrogen-bond donors (Lipinski definition) is 2. The normalized spacial score (nSPS) is 22.0. The molecule has 0 spiro atoms. The summed E-state index contributed by atoms with van der Waals surface area (Å²) in [4.78, 5) is 29.9. The minimum Gasteiger partial charge on any atom is -0.396 e. The second-order valence-electron chi connectivity index (χ2n) is 6.13. The largest absolute Gasteiger partial charge is 0.396 e. The Labute approximate surface area is 138 Å². The van der Waals surface area contributed by atoms with Crippen molar-refractivity contribution in [1.82, 2.24) is 14.7 Å². The van der Waals surface area contributed by atoms with E-state index in [-0.39, 0.29) is 29.7 Å². The molecule has 7 heteroatoms. The summed E-state index contributed by atoms with van der Waals surface area (Å²) in [5.74, 6) is -0.336. The van der Waals surface area contributed by atoms with Crippen molar-refractivity contribution in [3.05, 3.63) is 33.2 Å². The van der Waals surface area contributed by atoms with Crippen LogP contribution in [0.5, 0.6) is 0 Å². The van der Waals surface area contributed by atoms with Gasteiger partial charge in [0.1, 0.15) is 5.56 Å². The fraction of sp³-hybridized carbons (Fsp3) is 0.562. The van der Waals surface area contributed by atoms with Gasteiger partial charge in [0, 0.05) is 35.8 Å². The lowest BCUT2D eigenvalue weighted by Crippen LogP contribution is -2.43. The Kier molecular flexibility index (Phi) is 4.77. The molecular formula is C16H21N3O3S. The number of hydrogen-bond acceptors (Lipinski definition) is 5. The summed E-state index contributed by atoms with van der Waals surface area (Å²) in [5, 5.41) is 14.3. The molecule has 6 nitrogen and oxygen atoms in total. The van der Waals surface area contributed by atoms with Crippen LogP contribution in [0.1, 0.15) is 48.2 Å². The molecule has 2 atom stereocenters. The number of aromatic nitrogens is 2. The first-order chi connectivity index (χ1) is 11.1. The fourth-order valence-electron chi connectivity index (χ4n) is 3.22. The second-order valence-corrected chi connectivity index (χ2v) is 6.97. The Morgan fingerprint density at radius 1 is 1.43 bits per heavy atom. The lowest BCUT2D eigenvalue weighted by atomic mass is 9.95. The number of nitrogens with zero attached hydrogens (tertiary/aromatic N) is 2. The molecule has 0 aromatic carbocycles. The lowest BCUT2D eigenvalue weighted by molar-refractivity contribution is 0.0897. The van der Waals surface area contributed by atoms with Gasteiger partial charge >= 0.3 is 0 Å². The highest BCUT2D eigenvalue weighted by atomic mass is 32.1. The average Bonchev–Trinajstić information content (AvgIpc) is 2.78. The van der Waals surface area contributed by atoms with Gasteiger partial charge in [-0.05, 0) is 19.8 Å². The highest BCUT2D eigenvalue weighted by Gasteiger charge is 2.26. The molecule has 124 valence electrons. The minimum absolute atomic E-state index is 0.0591. The average molecular weight is 335 g/mol. The predicted molar refractivity (Wildman–Crippen MR) is 89.0 cm³/mol. The van der Waals surface area contributed by atoms with Gasteiger partial charge < -0.3 is 10.4 Å². The standard InChI is InChI=1S/C16H21N3O3S/c1-10-9-23-16-17-7-12(15(22)19(10)16)14(21)18-13-6-4-2-3-5-11(13)8-20/h7,9,11,13,20H,2-6,8H2,1H3,(H,18,21). The molecule has 1 saturated carbocycles. The first kappa shape index (κ1) is 16.1. The van der Waals surface area contributed by atoms with E-state index in [2.05, 4.69) is 10.3 Å². The van der Waals surface area contributed by atoms with Crippen molar-refractivity contribution in [2.24, 2.45) is 5.92 Å². The number of aliphatic hydroxyl groups is 1. The van der Waals surface area contributed by atoms with Gasteiger partial charge in [-0.1, -0.05) is 19.3 Å². The van der Waals surface area contributed by atoms with E-state index in [1.165, 1.54) is 21.9 Å². The molecule has 0 saturated heterocycles. The smallest absolute Gasteiger partial charge is 0.271 e. The maximum absolute atomic E-state index is 12.5. The van der Waals surface area contributed by atoms with Gasteiger partial charge in [-0.15, -0.1) is 11.3 Å². The van der Waals surface area contributed by atoms with Crippen molar-refractivity contribution in [1.29, 1.82) is 0 Å². The Balaban J connectivity index is 1.86. The number of aryl methyl sites for hydroxylation is 1. The summed E-state index contributed by atoms with van der Waals surface area (Å²) in [6.45, 7) is 1.88. The third kappa shape index (κ3) is 3.16. The Hall–Kier alpha value is -1.73. The Morgan fingerprint density at radius 2 is 2.22 bits per heavy atom. The highest BCUT2D eigenvalue weighted by Crippen LogP contribution is 2.23. The number of fused-ring (bicyclic) bond motifs is 1. The molecule has 0 bridgehead atoms. The van der Waals surface area contributed by atoms with Gasteiger partial charge in [0.15, 0.2) is 4.96 Å². The van der Waals surface area contributed by atoms with Gasteiger partial charge in [0.2, 0.25) is 0 Å². The monoisotopic (exact) mass is 335 g/mol. The van der Waals surface area contributed by atoms with Crippen LogP contribution in [0, 0.1) is 12.8 Å². The van der Waals surface area contributed by atoms with Crippen LogP contribution in [0.15, 0.2) is 16.4 Å². The van der Waals surface area contributed by atoms with Crippen molar-refractivity contribution in [2.75, 3.05) is 6.61 Å². The molecule has 0 radical (unpaired) electrons. The molecule has 0 aliphatic heterocycles. The van der Waals surface area contributed by atoms with E-state index in [4.69, 9.17) is 0 Å². The molecule has 1 aliphatic rings. The zero-order valence-electron chi connectivity index (χ0n) is 13.1. The molecule has 1 aliphatic carbocycles. The van der Waals surface area contributed by atoms with Crippen LogP contribution in [0.25, 0.3) is 4.96 Å². The summed E-state index contributed by atoms with van der Waals surface area (Å²) in [6.07, 6.45) is 6.32. The van der Waals surface area contributed by atoms with Crippen molar-refractivity contribution < 1.29 is 9.90 Å². The Morgan fingerprint density at radius 3 is 3.00 bits per heavy atom. The van der Waals surface area contributed by atoms with Gasteiger partial charge in [-0.3, -0.25) is 14.0 Å². The van der Waals surface area contributed by atoms with Crippen LogP contribution in [0.3, 0.4) is 0 Å². The number of rotatable bonds is 3. The third-order valence-corrected chi connectivity index (χ3v) is 5.53. The summed E-state index contributed by atoms with van der Waals surface area (Å²) in [6, 6.07) is -0.0846. The van der Waals surface area contributed by atoms with E-state index in [1.54, 1.807) is 0 Å². The fourth-order valence-corrected chi connectivity index (χ4v) is 4.05. The van der Waals surface area contributed by atoms with Gasteiger partial charge in [-0.2, -0.15) is 0 Å². The number of aliphatic hydroxyl groups excluding tert-OH is 1. The molecule has 3 rings (SSSR count). The van der Waals surface area contributed by atoms with E-state index in [1.807, 2.05) is 12.3 Å². The number of carbonyl (C=O) groups is 1. The quantitative estimate of drug-likeness (QED) is 0.837. The van der Waals surface area contributed by atoms with Gasteiger partial charge in [-0.25, -0.2) is 4.98 Å². The van der Waals surface area contributed by atoms with Crippen LogP contribution >= 0.6 is 11.3 Å². The van der Waals surface area contributed by atoms with Crippen molar-refractivity contribution in [3.63, 3.8) is 0 Å². The first-order valence-electron chi connectivity index (χ1n) is 7.99. The third-order valence-electron chi connectivity index (χ3n) is 4.57. The van der Waals surface area contributed by atoms with E-state index >= 15 is 0 Å². The molecule has 2 aromatic rings. The van der Waals surface area contributed by atoms with E-state index in [9.17, 15) is 14.7 Å². The molecule has 23 heavy (non-hydrogen) atoms. The molecule has 2 heterocycles. The van der Waals surface area contributed by atoms with Gasteiger partial charge in [0.25, 0.3) is 11.5 Å². The molecule has 1 amide bonds. The lowest BCUT2D eigenvalue weighted by Gasteiger charge is -2.24. The van der Waals surface area contributed by atoms with E-state index in [0.29, 0.717) is 4.96 Å². The van der Waals surface area contributed by atoms with Gasteiger partial charge in [0.05, 0.1) is 0 Å². The van der Waals surface area contributed by atoms with Crippen molar-refractivity contribution in [2.45, 2.75) is 45.1 Å². The number of amides is 1. The molecule has 2 unspecified atom stereocenters. The summed E-state index contributed by atoms with van der Waals surface area (Å²) < 4.78 is 1.47. The number of thiazole rings is 1. The SMILES string of the molecule is Cc1csc2ncc(C(=O)NC3CCCCCC3CO)c(=O)n12. The molecule has 2 aromatic heterocycles. The molecular weight excluding hydrogens is 314 g/mol. The number of carbonyl (C=O) groups excluding carboxylic acids is 1. The van der Waals surface area contributed by atoms with Crippen LogP contribution in [0.4, 0.5) is 0 Å². The van der Waals surface area contributed by atoms with Crippen LogP contribution in [-0.4, -0.2) is 33.0 Å². The first-order valence-corrected chi connectivity index (χ1v) is 8.87. The number of nitrogens with one attached hydrogen (secondary N) is 1.